The van der Waals surface area contributed by atoms with Crippen LogP contribution in [0.3, 0.4) is 0 Å². The lowest BCUT2D eigenvalue weighted by atomic mass is 9.72. The number of benzene rings is 1. The maximum atomic E-state index is 10.5. The molecule has 3 rings (SSSR count). The summed E-state index contributed by atoms with van der Waals surface area (Å²) >= 11 is 1.38. The summed E-state index contributed by atoms with van der Waals surface area (Å²) in [4.78, 5) is 14.5. The van der Waals surface area contributed by atoms with Crippen molar-refractivity contribution in [3.8, 4) is 0 Å². The monoisotopic (exact) mass is 231 g/mol. The maximum Gasteiger partial charge on any atom is 0.235 e. The van der Waals surface area contributed by atoms with Crippen LogP contribution in [-0.2, 0) is 10.3 Å². The second-order valence-electron chi connectivity index (χ2n) is 4.04. The zero-order chi connectivity index (χ0) is 11.0. The summed E-state index contributed by atoms with van der Waals surface area (Å²) in [6, 6.07) is 6.00. The first-order valence-corrected chi connectivity index (χ1v) is 5.93. The summed E-state index contributed by atoms with van der Waals surface area (Å²) < 4.78 is 4.96. The van der Waals surface area contributed by atoms with Gasteiger partial charge in [0, 0.05) is 0 Å². The van der Waals surface area contributed by atoms with Crippen molar-refractivity contribution in [2.45, 2.75) is 24.8 Å². The molecule has 0 unspecified atom stereocenters. The van der Waals surface area contributed by atoms with Crippen LogP contribution >= 0.6 is 11.5 Å². The lowest BCUT2D eigenvalue weighted by molar-refractivity contribution is 0.256. The number of aromatic nitrogens is 2. The molecule has 1 aromatic heterocycles. The van der Waals surface area contributed by atoms with E-state index in [0.29, 0.717) is 0 Å². The van der Waals surface area contributed by atoms with Crippen molar-refractivity contribution in [3.63, 3.8) is 0 Å². The smallest absolute Gasteiger partial charge is 0.211 e. The topological polar surface area (TPSA) is 55.2 Å². The van der Waals surface area contributed by atoms with E-state index in [2.05, 4.69) is 14.6 Å². The fourth-order valence-corrected chi connectivity index (χ4v) is 2.67. The summed E-state index contributed by atoms with van der Waals surface area (Å²) in [6.07, 6.45) is 4.65. The first-order valence-electron chi connectivity index (χ1n) is 5.16. The molecule has 1 aromatic carbocycles. The normalized spacial score (nSPS) is 17.8. The van der Waals surface area contributed by atoms with E-state index < -0.39 is 0 Å². The number of fused-ring (bicyclic) bond motifs is 1. The van der Waals surface area contributed by atoms with Gasteiger partial charge in [0.1, 0.15) is 5.52 Å². The standard InChI is InChI=1S/C11H9N3OS/c15-7-12-11(4-1-5-11)8-2-3-10-9(6-8)13-14-16-10/h2-3,6H,1,4-5H2. The first-order chi connectivity index (χ1) is 7.84. The van der Waals surface area contributed by atoms with Crippen molar-refractivity contribution in [3.05, 3.63) is 23.8 Å². The van der Waals surface area contributed by atoms with Crippen LogP contribution in [0.1, 0.15) is 24.8 Å². The maximum absolute atomic E-state index is 10.5. The van der Waals surface area contributed by atoms with Crippen molar-refractivity contribution in [1.82, 2.24) is 9.59 Å². The second-order valence-corrected chi connectivity index (χ2v) is 4.83. The van der Waals surface area contributed by atoms with Gasteiger partial charge in [-0.1, -0.05) is 10.6 Å². The summed E-state index contributed by atoms with van der Waals surface area (Å²) in [5, 5.41) is 4.04. The third-order valence-corrected chi connectivity index (χ3v) is 3.93. The van der Waals surface area contributed by atoms with Crippen molar-refractivity contribution in [1.29, 1.82) is 0 Å². The van der Waals surface area contributed by atoms with Crippen LogP contribution < -0.4 is 0 Å². The zero-order valence-electron chi connectivity index (χ0n) is 8.51. The SMILES string of the molecule is O=C=NC1(c2ccc3snnc3c2)CCC1. The van der Waals surface area contributed by atoms with E-state index in [1.807, 2.05) is 18.2 Å². The molecule has 2 aromatic rings. The summed E-state index contributed by atoms with van der Waals surface area (Å²) in [7, 11) is 0. The van der Waals surface area contributed by atoms with E-state index in [1.54, 1.807) is 6.08 Å². The molecule has 1 fully saturated rings. The van der Waals surface area contributed by atoms with Crippen molar-refractivity contribution in [2.24, 2.45) is 4.99 Å². The van der Waals surface area contributed by atoms with Gasteiger partial charge >= 0.3 is 0 Å². The van der Waals surface area contributed by atoms with Crippen LogP contribution in [0.25, 0.3) is 10.2 Å². The largest absolute Gasteiger partial charge is 0.235 e. The number of carbonyl (C=O) groups excluding carboxylic acids is 1. The molecule has 0 spiro atoms. The molecule has 1 saturated carbocycles. The third kappa shape index (κ3) is 1.29. The average molecular weight is 231 g/mol. The van der Waals surface area contributed by atoms with Crippen molar-refractivity contribution >= 4 is 27.8 Å². The fraction of sp³-hybridized carbons (Fsp3) is 0.364. The highest BCUT2D eigenvalue weighted by atomic mass is 32.1. The molecule has 0 radical (unpaired) electrons. The molecule has 1 heterocycles. The molecule has 0 N–H and O–H groups in total. The molecule has 80 valence electrons. The molecule has 0 aliphatic heterocycles. The molecule has 0 amide bonds. The molecular weight excluding hydrogens is 222 g/mol. The van der Waals surface area contributed by atoms with Gasteiger partial charge in [-0.05, 0) is 48.5 Å². The Balaban J connectivity index is 2.13. The highest BCUT2D eigenvalue weighted by molar-refractivity contribution is 7.12. The van der Waals surface area contributed by atoms with Gasteiger partial charge in [-0.3, -0.25) is 0 Å². The lowest BCUT2D eigenvalue weighted by Gasteiger charge is -2.37. The summed E-state index contributed by atoms with van der Waals surface area (Å²) in [6.45, 7) is 0. The first kappa shape index (κ1) is 9.63. The zero-order valence-corrected chi connectivity index (χ0v) is 9.33. The van der Waals surface area contributed by atoms with E-state index in [1.165, 1.54) is 11.5 Å². The molecule has 1 aliphatic carbocycles. The fourth-order valence-electron chi connectivity index (χ4n) is 2.13. The quantitative estimate of drug-likeness (QED) is 0.589. The van der Waals surface area contributed by atoms with E-state index in [0.717, 1.165) is 35.0 Å². The van der Waals surface area contributed by atoms with Gasteiger partial charge in [0.15, 0.2) is 0 Å². The minimum absolute atomic E-state index is 0.334. The Kier molecular flexibility index (Phi) is 2.09. The Labute approximate surface area is 96.2 Å². The molecule has 4 nitrogen and oxygen atoms in total. The second kappa shape index (κ2) is 3.47. The van der Waals surface area contributed by atoms with Gasteiger partial charge in [0.25, 0.3) is 0 Å². The van der Waals surface area contributed by atoms with E-state index >= 15 is 0 Å². The highest BCUT2D eigenvalue weighted by Gasteiger charge is 2.39. The Morgan fingerprint density at radius 3 is 3.00 bits per heavy atom. The molecule has 0 bridgehead atoms. The Morgan fingerprint density at radius 1 is 1.44 bits per heavy atom. The molecule has 5 heteroatoms. The van der Waals surface area contributed by atoms with E-state index in [9.17, 15) is 4.79 Å². The summed E-state index contributed by atoms with van der Waals surface area (Å²) in [5.41, 5.74) is 1.61. The van der Waals surface area contributed by atoms with Crippen LogP contribution in [0, 0.1) is 0 Å². The van der Waals surface area contributed by atoms with Gasteiger partial charge in [-0.2, -0.15) is 4.99 Å². The number of hydrogen-bond acceptors (Lipinski definition) is 5. The molecular formula is C11H9N3OS. The van der Waals surface area contributed by atoms with Crippen LogP contribution in [0.2, 0.25) is 0 Å². The van der Waals surface area contributed by atoms with Crippen molar-refractivity contribution in [2.75, 3.05) is 0 Å². The van der Waals surface area contributed by atoms with Gasteiger partial charge in [0.05, 0.1) is 10.2 Å². The molecule has 0 atom stereocenters. The predicted molar refractivity (Wildman–Crippen MR) is 61.1 cm³/mol. The van der Waals surface area contributed by atoms with Gasteiger partial charge in [-0.15, -0.1) is 5.10 Å². The number of nitrogens with zero attached hydrogens (tertiary/aromatic N) is 3. The van der Waals surface area contributed by atoms with Crippen molar-refractivity contribution < 1.29 is 4.79 Å². The summed E-state index contributed by atoms with van der Waals surface area (Å²) in [5.74, 6) is 0. The molecule has 1 aliphatic rings. The minimum atomic E-state index is -0.334. The van der Waals surface area contributed by atoms with Gasteiger partial charge in [0.2, 0.25) is 6.08 Å². The van der Waals surface area contributed by atoms with Crippen LogP contribution in [0.15, 0.2) is 23.2 Å². The Morgan fingerprint density at radius 2 is 2.31 bits per heavy atom. The Bertz CT molecular complexity index is 582. The number of isocyanates is 1. The molecule has 0 saturated heterocycles. The van der Waals surface area contributed by atoms with Crippen LogP contribution in [-0.4, -0.2) is 15.7 Å². The average Bonchev–Trinajstić information content (AvgIpc) is 2.70. The molecule has 16 heavy (non-hydrogen) atoms. The van der Waals surface area contributed by atoms with Gasteiger partial charge < -0.3 is 0 Å². The third-order valence-electron chi connectivity index (χ3n) is 3.22. The number of rotatable bonds is 2. The van der Waals surface area contributed by atoms with E-state index in [4.69, 9.17) is 0 Å². The number of aliphatic imine (C=N–C) groups is 1. The predicted octanol–water partition coefficient (Wildman–Crippen LogP) is 2.41. The van der Waals surface area contributed by atoms with E-state index in [-0.39, 0.29) is 5.54 Å². The lowest BCUT2D eigenvalue weighted by Crippen LogP contribution is -2.31. The van der Waals surface area contributed by atoms with Crippen LogP contribution in [0.5, 0.6) is 0 Å². The minimum Gasteiger partial charge on any atom is -0.211 e. The highest BCUT2D eigenvalue weighted by Crippen LogP contribution is 2.45. The number of hydrogen-bond donors (Lipinski definition) is 0. The Hall–Kier alpha value is -1.58. The van der Waals surface area contributed by atoms with Gasteiger partial charge in [-0.25, -0.2) is 4.79 Å². The van der Waals surface area contributed by atoms with Crippen LogP contribution in [0.4, 0.5) is 0 Å².